The van der Waals surface area contributed by atoms with E-state index in [0.717, 1.165) is 39.7 Å². The molecule has 2 aromatic rings. The summed E-state index contributed by atoms with van der Waals surface area (Å²) in [6.45, 7) is 0. The molecule has 1 fully saturated rings. The summed E-state index contributed by atoms with van der Waals surface area (Å²) >= 11 is 3.13. The van der Waals surface area contributed by atoms with Crippen molar-refractivity contribution < 1.29 is 19.8 Å². The first-order valence-electron chi connectivity index (χ1n) is 9.56. The van der Waals surface area contributed by atoms with Gasteiger partial charge in [-0.3, -0.25) is 9.59 Å². The molecule has 30 heavy (non-hydrogen) atoms. The number of ketones is 2. The molecule has 2 aromatic carbocycles. The smallest absolute Gasteiger partial charge is 0.191 e. The fourth-order valence-corrected chi connectivity index (χ4v) is 5.32. The van der Waals surface area contributed by atoms with E-state index in [2.05, 4.69) is 0 Å². The quantitative estimate of drug-likeness (QED) is 0.356. The van der Waals surface area contributed by atoms with E-state index in [1.54, 1.807) is 84.2 Å². The van der Waals surface area contributed by atoms with Crippen LogP contribution in [0.2, 0.25) is 0 Å². The molecule has 2 N–H and O–H groups in total. The van der Waals surface area contributed by atoms with Gasteiger partial charge in [-0.1, -0.05) is 36.4 Å². The topological polar surface area (TPSA) is 74.6 Å². The standard InChI is InChI=1S/C24H22O4S2/c25-19-9-3-17(4-10-19)7-13-21(27)23(24-29-15-1-2-16-30-24)22(28)14-8-18-5-11-20(26)12-6-18/h3-14,25-26H,1-2,15-16H2/b13-7+,14-8+. The van der Waals surface area contributed by atoms with Crippen molar-refractivity contribution in [2.24, 2.45) is 0 Å². The molecule has 0 aliphatic carbocycles. The summed E-state index contributed by atoms with van der Waals surface area (Å²) in [4.78, 5) is 26.0. The Morgan fingerprint density at radius 1 is 0.700 bits per heavy atom. The highest BCUT2D eigenvalue weighted by molar-refractivity contribution is 8.22. The van der Waals surface area contributed by atoms with Gasteiger partial charge >= 0.3 is 0 Å². The van der Waals surface area contributed by atoms with Gasteiger partial charge in [0.25, 0.3) is 0 Å². The van der Waals surface area contributed by atoms with Crippen molar-refractivity contribution in [3.05, 3.63) is 81.6 Å². The lowest BCUT2D eigenvalue weighted by atomic mass is 10.1. The lowest BCUT2D eigenvalue weighted by Crippen LogP contribution is -2.10. The van der Waals surface area contributed by atoms with Gasteiger partial charge in [0.15, 0.2) is 11.6 Å². The number of hydrogen-bond acceptors (Lipinski definition) is 6. The zero-order valence-electron chi connectivity index (χ0n) is 16.3. The van der Waals surface area contributed by atoms with Crippen molar-refractivity contribution in [3.63, 3.8) is 0 Å². The van der Waals surface area contributed by atoms with E-state index in [4.69, 9.17) is 0 Å². The highest BCUT2D eigenvalue weighted by Crippen LogP contribution is 2.37. The first-order valence-corrected chi connectivity index (χ1v) is 11.5. The molecule has 4 nitrogen and oxygen atoms in total. The van der Waals surface area contributed by atoms with E-state index in [1.165, 1.54) is 12.2 Å². The van der Waals surface area contributed by atoms with Gasteiger partial charge < -0.3 is 10.2 Å². The number of benzene rings is 2. The Morgan fingerprint density at radius 3 is 1.50 bits per heavy atom. The molecule has 1 heterocycles. The van der Waals surface area contributed by atoms with Crippen molar-refractivity contribution >= 4 is 47.2 Å². The Balaban J connectivity index is 1.86. The van der Waals surface area contributed by atoms with Crippen molar-refractivity contribution in [1.29, 1.82) is 0 Å². The normalized spacial score (nSPS) is 14.7. The highest BCUT2D eigenvalue weighted by atomic mass is 32.2. The van der Waals surface area contributed by atoms with Gasteiger partial charge in [-0.2, -0.15) is 0 Å². The fourth-order valence-electron chi connectivity index (χ4n) is 2.72. The monoisotopic (exact) mass is 438 g/mol. The van der Waals surface area contributed by atoms with Gasteiger partial charge in [0.2, 0.25) is 0 Å². The summed E-state index contributed by atoms with van der Waals surface area (Å²) in [5.74, 6) is 1.41. The van der Waals surface area contributed by atoms with Crippen LogP contribution in [0.1, 0.15) is 24.0 Å². The Bertz CT molecular complexity index is 907. The maximum atomic E-state index is 13.0. The van der Waals surface area contributed by atoms with E-state index in [-0.39, 0.29) is 28.6 Å². The summed E-state index contributed by atoms with van der Waals surface area (Å²) in [6.07, 6.45) is 8.23. The van der Waals surface area contributed by atoms with Crippen molar-refractivity contribution in [1.82, 2.24) is 0 Å². The number of phenolic OH excluding ortho intramolecular Hbond substituents is 2. The third-order valence-corrected chi connectivity index (χ3v) is 6.97. The molecule has 0 unspecified atom stereocenters. The predicted molar refractivity (Wildman–Crippen MR) is 125 cm³/mol. The average Bonchev–Trinajstić information content (AvgIpc) is 3.02. The minimum Gasteiger partial charge on any atom is -0.508 e. The summed E-state index contributed by atoms with van der Waals surface area (Å²) in [7, 11) is 0. The van der Waals surface area contributed by atoms with E-state index < -0.39 is 0 Å². The summed E-state index contributed by atoms with van der Waals surface area (Å²) in [6, 6.07) is 13.0. The molecule has 0 saturated carbocycles. The Morgan fingerprint density at radius 2 is 1.10 bits per heavy atom. The predicted octanol–water partition coefficient (Wildman–Crippen LogP) is 5.43. The Labute approximate surface area is 184 Å². The molecule has 3 rings (SSSR count). The second-order valence-electron chi connectivity index (χ2n) is 6.64. The van der Waals surface area contributed by atoms with E-state index in [0.29, 0.717) is 0 Å². The van der Waals surface area contributed by atoms with Crippen LogP contribution in [0.4, 0.5) is 0 Å². The van der Waals surface area contributed by atoms with Gasteiger partial charge in [0.1, 0.15) is 11.5 Å². The molecular formula is C24H22O4S2. The van der Waals surface area contributed by atoms with E-state index >= 15 is 0 Å². The molecule has 0 radical (unpaired) electrons. The zero-order valence-corrected chi connectivity index (χ0v) is 17.9. The second kappa shape index (κ2) is 10.9. The molecule has 1 saturated heterocycles. The average molecular weight is 439 g/mol. The minimum absolute atomic E-state index is 0.155. The first kappa shape index (κ1) is 22.0. The lowest BCUT2D eigenvalue weighted by Gasteiger charge is -2.08. The molecular weight excluding hydrogens is 416 g/mol. The third-order valence-electron chi connectivity index (χ3n) is 4.34. The number of carbonyl (C=O) groups excluding carboxylic acids is 2. The van der Waals surface area contributed by atoms with Crippen LogP contribution >= 0.6 is 23.5 Å². The van der Waals surface area contributed by atoms with E-state index in [1.807, 2.05) is 0 Å². The number of rotatable bonds is 6. The van der Waals surface area contributed by atoms with Crippen LogP contribution in [0.5, 0.6) is 11.5 Å². The molecule has 0 bridgehead atoms. The van der Waals surface area contributed by atoms with Crippen LogP contribution in [0.15, 0.2) is 70.5 Å². The number of aromatic hydroxyl groups is 2. The van der Waals surface area contributed by atoms with Crippen LogP contribution in [0.3, 0.4) is 0 Å². The molecule has 0 spiro atoms. The van der Waals surface area contributed by atoms with E-state index in [9.17, 15) is 19.8 Å². The summed E-state index contributed by atoms with van der Waals surface area (Å²) in [5, 5.41) is 18.8. The maximum Gasteiger partial charge on any atom is 0.191 e. The molecule has 1 aliphatic heterocycles. The van der Waals surface area contributed by atoms with Crippen molar-refractivity contribution in [2.75, 3.05) is 11.5 Å². The van der Waals surface area contributed by atoms with Crippen LogP contribution in [-0.2, 0) is 9.59 Å². The first-order chi connectivity index (χ1) is 14.5. The minimum atomic E-state index is -0.333. The number of hydrogen-bond donors (Lipinski definition) is 2. The molecule has 0 aromatic heterocycles. The Hall–Kier alpha value is -2.70. The van der Waals surface area contributed by atoms with Gasteiger partial charge in [0.05, 0.1) is 9.81 Å². The maximum absolute atomic E-state index is 13.0. The lowest BCUT2D eigenvalue weighted by molar-refractivity contribution is -0.116. The molecule has 1 aliphatic rings. The van der Waals surface area contributed by atoms with Crippen molar-refractivity contribution in [3.8, 4) is 11.5 Å². The molecule has 0 amide bonds. The van der Waals surface area contributed by atoms with Gasteiger partial charge in [-0.25, -0.2) is 0 Å². The van der Waals surface area contributed by atoms with Crippen LogP contribution in [0.25, 0.3) is 12.2 Å². The third kappa shape index (κ3) is 6.40. The van der Waals surface area contributed by atoms with Gasteiger partial charge in [-0.05, 0) is 71.9 Å². The number of carbonyl (C=O) groups is 2. The van der Waals surface area contributed by atoms with Crippen LogP contribution < -0.4 is 0 Å². The van der Waals surface area contributed by atoms with Crippen LogP contribution in [-0.4, -0.2) is 33.3 Å². The fraction of sp³-hybridized carbons (Fsp3) is 0.167. The SMILES string of the molecule is O=C(/C=C/c1ccc(O)cc1)C(C(=O)/C=C/c1ccc(O)cc1)=C1SCCCCS1. The number of allylic oxidation sites excluding steroid dienone is 3. The Kier molecular flexibility index (Phi) is 7.99. The molecule has 6 heteroatoms. The van der Waals surface area contributed by atoms with Crippen LogP contribution in [0, 0.1) is 0 Å². The largest absolute Gasteiger partial charge is 0.508 e. The number of phenols is 2. The summed E-state index contributed by atoms with van der Waals surface area (Å²) < 4.78 is 0.771. The summed E-state index contributed by atoms with van der Waals surface area (Å²) in [5.41, 5.74) is 1.72. The highest BCUT2D eigenvalue weighted by Gasteiger charge is 2.21. The van der Waals surface area contributed by atoms with Gasteiger partial charge in [0, 0.05) is 0 Å². The molecule has 0 atom stereocenters. The van der Waals surface area contributed by atoms with Gasteiger partial charge in [-0.15, -0.1) is 23.5 Å². The van der Waals surface area contributed by atoms with Crippen molar-refractivity contribution in [2.45, 2.75) is 12.8 Å². The number of thioether (sulfide) groups is 2. The zero-order chi connectivity index (χ0) is 21.3. The second-order valence-corrected chi connectivity index (χ2v) is 9.11. The molecule has 154 valence electrons.